The molecule has 0 radical (unpaired) electrons. The van der Waals surface area contributed by atoms with E-state index in [-0.39, 0.29) is 12.0 Å². The molecule has 0 unspecified atom stereocenters. The maximum Gasteiger partial charge on any atom is 0.226 e. The number of carbonyl (C=O) groups is 1. The first-order valence-electron chi connectivity index (χ1n) is 6.72. The van der Waals surface area contributed by atoms with Crippen LogP contribution in [0.3, 0.4) is 0 Å². The highest BCUT2D eigenvalue weighted by Crippen LogP contribution is 2.19. The summed E-state index contributed by atoms with van der Waals surface area (Å²) in [7, 11) is 0. The van der Waals surface area contributed by atoms with E-state index in [1.807, 2.05) is 26.0 Å². The second-order valence-corrected chi connectivity index (χ2v) is 5.15. The van der Waals surface area contributed by atoms with Crippen LogP contribution in [0, 0.1) is 13.8 Å². The van der Waals surface area contributed by atoms with E-state index in [1.165, 1.54) is 5.56 Å². The maximum atomic E-state index is 11.9. The van der Waals surface area contributed by atoms with Crippen molar-refractivity contribution in [3.05, 3.63) is 29.3 Å². The van der Waals surface area contributed by atoms with Crippen molar-refractivity contribution in [2.45, 2.75) is 32.8 Å². The molecule has 1 aliphatic heterocycles. The summed E-state index contributed by atoms with van der Waals surface area (Å²) in [6.45, 7) is 5.54. The molecule has 0 aromatic heterocycles. The number of rotatable bonds is 4. The molecule has 1 N–H and O–H groups in total. The zero-order valence-corrected chi connectivity index (χ0v) is 11.6. The molecule has 2 rings (SSSR count). The quantitative estimate of drug-likeness (QED) is 0.899. The van der Waals surface area contributed by atoms with Crippen LogP contribution >= 0.6 is 0 Å². The Labute approximate surface area is 114 Å². The van der Waals surface area contributed by atoms with Gasteiger partial charge in [0.2, 0.25) is 5.91 Å². The number of ether oxygens (including phenoxy) is 1. The summed E-state index contributed by atoms with van der Waals surface area (Å²) in [5, 5.41) is 9.39. The van der Waals surface area contributed by atoms with Gasteiger partial charge in [-0.15, -0.1) is 0 Å². The summed E-state index contributed by atoms with van der Waals surface area (Å²) >= 11 is 0. The van der Waals surface area contributed by atoms with Crippen LogP contribution in [0.25, 0.3) is 0 Å². The molecule has 1 atom stereocenters. The lowest BCUT2D eigenvalue weighted by molar-refractivity contribution is -0.131. The minimum atomic E-state index is -0.357. The molecule has 104 valence electrons. The summed E-state index contributed by atoms with van der Waals surface area (Å²) in [6.07, 6.45) is 0.688. The maximum absolute atomic E-state index is 11.9. The van der Waals surface area contributed by atoms with Gasteiger partial charge in [0.1, 0.15) is 5.75 Å². The number of likely N-dealkylation sites (tertiary alicyclic amines) is 1. The smallest absolute Gasteiger partial charge is 0.226 e. The number of hydrogen-bond acceptors (Lipinski definition) is 3. The van der Waals surface area contributed by atoms with Gasteiger partial charge in [-0.2, -0.15) is 0 Å². The first-order chi connectivity index (χ1) is 9.06. The van der Waals surface area contributed by atoms with E-state index in [0.29, 0.717) is 32.5 Å². The van der Waals surface area contributed by atoms with Gasteiger partial charge in [-0.1, -0.05) is 17.7 Å². The zero-order valence-electron chi connectivity index (χ0n) is 11.6. The summed E-state index contributed by atoms with van der Waals surface area (Å²) in [6, 6.07) is 6.00. The van der Waals surface area contributed by atoms with E-state index in [1.54, 1.807) is 4.90 Å². The molecule has 1 fully saturated rings. The van der Waals surface area contributed by atoms with Crippen LogP contribution in [0.15, 0.2) is 18.2 Å². The molecule has 0 bridgehead atoms. The second-order valence-electron chi connectivity index (χ2n) is 5.15. The molecule has 0 saturated carbocycles. The molecule has 4 heteroatoms. The summed E-state index contributed by atoms with van der Waals surface area (Å²) in [5.41, 5.74) is 2.29. The molecular weight excluding hydrogens is 242 g/mol. The first kappa shape index (κ1) is 13.9. The first-order valence-corrected chi connectivity index (χ1v) is 6.72. The number of nitrogens with zero attached hydrogens (tertiary/aromatic N) is 1. The van der Waals surface area contributed by atoms with Crippen LogP contribution in [0.2, 0.25) is 0 Å². The van der Waals surface area contributed by atoms with E-state index in [0.717, 1.165) is 11.3 Å². The number of aryl methyl sites for hydroxylation is 2. The lowest BCUT2D eigenvalue weighted by atomic mass is 10.1. The minimum Gasteiger partial charge on any atom is -0.493 e. The molecule has 1 aromatic carbocycles. The molecular formula is C15H21NO3. The van der Waals surface area contributed by atoms with Gasteiger partial charge in [-0.05, 0) is 31.9 Å². The lowest BCUT2D eigenvalue weighted by Gasteiger charge is -2.16. The fraction of sp³-hybridized carbons (Fsp3) is 0.533. The van der Waals surface area contributed by atoms with Crippen LogP contribution < -0.4 is 4.74 Å². The number of carbonyl (C=O) groups excluding carboxylic acids is 1. The Balaban J connectivity index is 1.78. The standard InChI is InChI=1S/C15H21NO3/c1-11-3-4-14(12(2)9-11)19-8-6-15(18)16-7-5-13(17)10-16/h3-4,9,13,17H,5-8,10H2,1-2H3/t13-/m0/s1. The highest BCUT2D eigenvalue weighted by atomic mass is 16.5. The summed E-state index contributed by atoms with van der Waals surface area (Å²) < 4.78 is 5.64. The van der Waals surface area contributed by atoms with Gasteiger partial charge in [0, 0.05) is 13.1 Å². The SMILES string of the molecule is Cc1ccc(OCCC(=O)N2CC[C@H](O)C2)c(C)c1. The number of benzene rings is 1. The van der Waals surface area contributed by atoms with Gasteiger partial charge in [-0.3, -0.25) is 4.79 Å². The summed E-state index contributed by atoms with van der Waals surface area (Å²) in [4.78, 5) is 13.6. The normalized spacial score (nSPS) is 18.7. The van der Waals surface area contributed by atoms with E-state index in [2.05, 4.69) is 6.07 Å². The monoisotopic (exact) mass is 263 g/mol. The van der Waals surface area contributed by atoms with Crippen LogP contribution in [-0.4, -0.2) is 41.7 Å². The average molecular weight is 263 g/mol. The molecule has 1 aromatic rings. The zero-order chi connectivity index (χ0) is 13.8. The third-order valence-corrected chi connectivity index (χ3v) is 3.42. The van der Waals surface area contributed by atoms with Crippen molar-refractivity contribution in [1.82, 2.24) is 4.90 Å². The number of amides is 1. The van der Waals surface area contributed by atoms with Gasteiger partial charge in [0.25, 0.3) is 0 Å². The van der Waals surface area contributed by atoms with Crippen molar-refractivity contribution in [1.29, 1.82) is 0 Å². The molecule has 1 aliphatic rings. The second kappa shape index (κ2) is 6.06. The van der Waals surface area contributed by atoms with Crippen molar-refractivity contribution < 1.29 is 14.6 Å². The van der Waals surface area contributed by atoms with Crippen molar-refractivity contribution >= 4 is 5.91 Å². The Morgan fingerprint density at radius 2 is 2.26 bits per heavy atom. The molecule has 0 aliphatic carbocycles. The number of hydrogen-bond donors (Lipinski definition) is 1. The Hall–Kier alpha value is -1.55. The van der Waals surface area contributed by atoms with Gasteiger partial charge >= 0.3 is 0 Å². The van der Waals surface area contributed by atoms with E-state index < -0.39 is 0 Å². The average Bonchev–Trinajstić information content (AvgIpc) is 2.78. The third kappa shape index (κ3) is 3.70. The van der Waals surface area contributed by atoms with Gasteiger partial charge in [0.05, 0.1) is 19.1 Å². The van der Waals surface area contributed by atoms with Crippen LogP contribution in [0.1, 0.15) is 24.0 Å². The Bertz CT molecular complexity index is 459. The number of aliphatic hydroxyl groups excluding tert-OH is 1. The van der Waals surface area contributed by atoms with Gasteiger partial charge in [-0.25, -0.2) is 0 Å². The van der Waals surface area contributed by atoms with Crippen molar-refractivity contribution in [3.8, 4) is 5.75 Å². The van der Waals surface area contributed by atoms with E-state index >= 15 is 0 Å². The fourth-order valence-corrected chi connectivity index (χ4v) is 2.34. The Morgan fingerprint density at radius 3 is 2.89 bits per heavy atom. The van der Waals surface area contributed by atoms with E-state index in [4.69, 9.17) is 4.74 Å². The van der Waals surface area contributed by atoms with Gasteiger partial charge < -0.3 is 14.7 Å². The molecule has 1 heterocycles. The Morgan fingerprint density at radius 1 is 1.47 bits per heavy atom. The van der Waals surface area contributed by atoms with Crippen LogP contribution in [0.5, 0.6) is 5.75 Å². The number of β-amino-alcohol motifs (C(OH)–C–C–N with tert-alkyl or cyclic N) is 1. The van der Waals surface area contributed by atoms with Crippen LogP contribution in [-0.2, 0) is 4.79 Å². The van der Waals surface area contributed by atoms with E-state index in [9.17, 15) is 9.90 Å². The summed E-state index contributed by atoms with van der Waals surface area (Å²) in [5.74, 6) is 0.890. The third-order valence-electron chi connectivity index (χ3n) is 3.42. The molecule has 0 spiro atoms. The molecule has 19 heavy (non-hydrogen) atoms. The molecule has 1 saturated heterocycles. The minimum absolute atomic E-state index is 0.0568. The molecule has 4 nitrogen and oxygen atoms in total. The predicted octanol–water partition coefficient (Wildman–Crippen LogP) is 1.67. The topological polar surface area (TPSA) is 49.8 Å². The predicted molar refractivity (Wildman–Crippen MR) is 73.2 cm³/mol. The largest absolute Gasteiger partial charge is 0.493 e. The molecule has 1 amide bonds. The lowest BCUT2D eigenvalue weighted by Crippen LogP contribution is -2.30. The highest BCUT2D eigenvalue weighted by Gasteiger charge is 2.24. The number of aliphatic hydroxyl groups is 1. The fourth-order valence-electron chi connectivity index (χ4n) is 2.34. The van der Waals surface area contributed by atoms with Crippen LogP contribution in [0.4, 0.5) is 0 Å². The Kier molecular flexibility index (Phi) is 4.43. The van der Waals surface area contributed by atoms with Crippen molar-refractivity contribution in [2.75, 3.05) is 19.7 Å². The van der Waals surface area contributed by atoms with Crippen molar-refractivity contribution in [2.24, 2.45) is 0 Å². The van der Waals surface area contributed by atoms with Gasteiger partial charge in [0.15, 0.2) is 0 Å². The highest BCUT2D eigenvalue weighted by molar-refractivity contribution is 5.76. The van der Waals surface area contributed by atoms with Crippen molar-refractivity contribution in [3.63, 3.8) is 0 Å².